The van der Waals surface area contributed by atoms with Crippen molar-refractivity contribution in [1.29, 1.82) is 0 Å². The first-order valence-corrected chi connectivity index (χ1v) is 20.6. The highest BCUT2D eigenvalue weighted by Gasteiger charge is 2.19. The lowest BCUT2D eigenvalue weighted by Gasteiger charge is -2.27. The van der Waals surface area contributed by atoms with Crippen LogP contribution < -0.4 is 4.90 Å². The zero-order valence-electron chi connectivity index (χ0n) is 30.1. The van der Waals surface area contributed by atoms with Crippen LogP contribution in [-0.2, 0) is 6.42 Å². The van der Waals surface area contributed by atoms with E-state index in [0.717, 1.165) is 29.9 Å². The van der Waals surface area contributed by atoms with Crippen molar-refractivity contribution in [1.82, 2.24) is 0 Å². The number of allylic oxidation sites excluding steroid dienone is 1. The molecular formula is C52H35NS2. The molecule has 1 aliphatic carbocycles. The maximum atomic E-state index is 2.43. The highest BCUT2D eigenvalue weighted by molar-refractivity contribution is 7.26. The molecule has 0 unspecified atom stereocenters. The third-order valence-electron chi connectivity index (χ3n) is 11.1. The van der Waals surface area contributed by atoms with Crippen molar-refractivity contribution in [3.8, 4) is 33.4 Å². The molecule has 0 fully saturated rings. The van der Waals surface area contributed by atoms with E-state index in [-0.39, 0.29) is 0 Å². The molecule has 0 atom stereocenters. The first kappa shape index (κ1) is 32.2. The van der Waals surface area contributed by atoms with Crippen LogP contribution in [0, 0.1) is 0 Å². The highest BCUT2D eigenvalue weighted by Crippen LogP contribution is 2.45. The molecule has 0 radical (unpaired) electrons. The molecule has 2 aromatic heterocycles. The Morgan fingerprint density at radius 2 is 0.927 bits per heavy atom. The summed E-state index contributed by atoms with van der Waals surface area (Å²) in [6.07, 6.45) is 6.73. The maximum Gasteiger partial charge on any atom is 0.0467 e. The first-order valence-electron chi connectivity index (χ1n) is 19.0. The van der Waals surface area contributed by atoms with E-state index >= 15 is 0 Å². The Bertz CT molecular complexity index is 2950. The second kappa shape index (κ2) is 13.2. The maximum absolute atomic E-state index is 2.43. The molecule has 0 aliphatic heterocycles. The Kier molecular flexibility index (Phi) is 7.75. The second-order valence-corrected chi connectivity index (χ2v) is 16.5. The number of rotatable bonds is 6. The summed E-state index contributed by atoms with van der Waals surface area (Å²) in [6, 6.07) is 65.1. The van der Waals surface area contributed by atoms with Crippen LogP contribution in [-0.4, -0.2) is 0 Å². The summed E-state index contributed by atoms with van der Waals surface area (Å²) in [5, 5.41) is 5.28. The van der Waals surface area contributed by atoms with E-state index in [9.17, 15) is 0 Å². The number of fused-ring (bicyclic) bond motifs is 7. The average molecular weight is 738 g/mol. The van der Waals surface area contributed by atoms with Gasteiger partial charge in [0, 0.05) is 57.4 Å². The monoisotopic (exact) mass is 737 g/mol. The van der Waals surface area contributed by atoms with Crippen LogP contribution in [0.2, 0.25) is 0 Å². The van der Waals surface area contributed by atoms with E-state index in [1.54, 1.807) is 0 Å². The Morgan fingerprint density at radius 1 is 0.400 bits per heavy atom. The van der Waals surface area contributed by atoms with Gasteiger partial charge in [0.2, 0.25) is 0 Å². The molecule has 0 amide bonds. The number of hydrogen-bond acceptors (Lipinski definition) is 3. The van der Waals surface area contributed by atoms with Gasteiger partial charge in [-0.1, -0.05) is 140 Å². The molecule has 0 spiro atoms. The minimum atomic E-state index is 1.08. The number of anilines is 3. The Labute approximate surface area is 328 Å². The summed E-state index contributed by atoms with van der Waals surface area (Å²) in [6.45, 7) is 0. The van der Waals surface area contributed by atoms with E-state index in [1.807, 2.05) is 22.7 Å². The van der Waals surface area contributed by atoms with Crippen LogP contribution >= 0.6 is 22.7 Å². The fourth-order valence-corrected chi connectivity index (χ4v) is 11.0. The molecule has 10 aromatic rings. The first-order chi connectivity index (χ1) is 27.3. The minimum Gasteiger partial charge on any atom is -0.310 e. The van der Waals surface area contributed by atoms with Crippen molar-refractivity contribution in [2.75, 3.05) is 4.90 Å². The van der Waals surface area contributed by atoms with Crippen molar-refractivity contribution in [3.05, 3.63) is 193 Å². The summed E-state index contributed by atoms with van der Waals surface area (Å²) in [5.41, 5.74) is 13.7. The summed E-state index contributed by atoms with van der Waals surface area (Å²) in [4.78, 5) is 2.43. The van der Waals surface area contributed by atoms with Gasteiger partial charge in [0.15, 0.2) is 0 Å². The lowest BCUT2D eigenvalue weighted by Crippen LogP contribution is -2.10. The molecule has 0 N–H and O–H groups in total. The Balaban J connectivity index is 1.07. The molecule has 260 valence electrons. The van der Waals surface area contributed by atoms with Crippen molar-refractivity contribution >= 4 is 86.2 Å². The zero-order chi connectivity index (χ0) is 36.3. The third kappa shape index (κ3) is 5.50. The van der Waals surface area contributed by atoms with Gasteiger partial charge in [0.25, 0.3) is 0 Å². The van der Waals surface area contributed by atoms with Crippen LogP contribution in [0.4, 0.5) is 17.1 Å². The number of hydrogen-bond donors (Lipinski definition) is 0. The van der Waals surface area contributed by atoms with Crippen LogP contribution in [0.1, 0.15) is 17.5 Å². The molecule has 0 saturated heterocycles. The van der Waals surface area contributed by atoms with Crippen molar-refractivity contribution in [2.24, 2.45) is 0 Å². The van der Waals surface area contributed by atoms with Gasteiger partial charge in [0.05, 0.1) is 0 Å². The van der Waals surface area contributed by atoms with Crippen LogP contribution in [0.3, 0.4) is 0 Å². The second-order valence-electron chi connectivity index (χ2n) is 14.4. The molecule has 2 heterocycles. The normalized spacial score (nSPS) is 12.5. The predicted molar refractivity (Wildman–Crippen MR) is 241 cm³/mol. The molecule has 0 saturated carbocycles. The fraction of sp³-hybridized carbons (Fsp3) is 0.0385. The quantitative estimate of drug-likeness (QED) is 0.164. The summed E-state index contributed by atoms with van der Waals surface area (Å²) < 4.78 is 5.31. The predicted octanol–water partition coefficient (Wildman–Crippen LogP) is 15.9. The number of thiophene rings is 2. The van der Waals surface area contributed by atoms with Gasteiger partial charge >= 0.3 is 0 Å². The lowest BCUT2D eigenvalue weighted by atomic mass is 9.89. The average Bonchev–Trinajstić information content (AvgIpc) is 3.83. The van der Waals surface area contributed by atoms with E-state index < -0.39 is 0 Å². The smallest absolute Gasteiger partial charge is 0.0467 e. The zero-order valence-corrected chi connectivity index (χ0v) is 31.7. The Hall–Kier alpha value is -6.26. The number of nitrogens with zero attached hydrogens (tertiary/aromatic N) is 1. The third-order valence-corrected chi connectivity index (χ3v) is 13.6. The molecule has 55 heavy (non-hydrogen) atoms. The van der Waals surface area contributed by atoms with E-state index in [1.165, 1.54) is 84.9 Å². The highest BCUT2D eigenvalue weighted by atomic mass is 32.1. The molecular weight excluding hydrogens is 703 g/mol. The van der Waals surface area contributed by atoms with Gasteiger partial charge in [-0.05, 0) is 106 Å². The van der Waals surface area contributed by atoms with Crippen LogP contribution in [0.25, 0.3) is 79.8 Å². The van der Waals surface area contributed by atoms with E-state index in [2.05, 4.69) is 193 Å². The van der Waals surface area contributed by atoms with E-state index in [4.69, 9.17) is 0 Å². The standard InChI is InChI=1S/C52H35NS2/c1-2-18-41-34(12-1)13-9-21-42(41)35-28-30-38(31-29-35)53(39-16-7-14-36(32-39)43-22-10-24-47-45-19-3-5-26-49(45)54-51(43)47)40-17-8-15-37(33-40)44-23-11-25-48-46-20-4-6-27-50(46)55-52(44)48/h1,3-17,19-33H,2,18H2. The molecule has 8 aromatic carbocycles. The SMILES string of the molecule is C1=Cc2cccc(-c3ccc(N(c4cccc(-c5cccc6c5sc5ccccc56)c4)c4cccc(-c5cccc6c5sc5ccccc56)c4)cc3)c2CC1. The van der Waals surface area contributed by atoms with Gasteiger partial charge in [-0.2, -0.15) is 0 Å². The molecule has 3 heteroatoms. The summed E-state index contributed by atoms with van der Waals surface area (Å²) in [5.74, 6) is 0. The molecule has 1 nitrogen and oxygen atoms in total. The van der Waals surface area contributed by atoms with Crippen LogP contribution in [0.15, 0.2) is 182 Å². The van der Waals surface area contributed by atoms with Gasteiger partial charge in [-0.25, -0.2) is 0 Å². The van der Waals surface area contributed by atoms with Crippen LogP contribution in [0.5, 0.6) is 0 Å². The van der Waals surface area contributed by atoms with E-state index in [0.29, 0.717) is 0 Å². The summed E-state index contributed by atoms with van der Waals surface area (Å²) >= 11 is 3.77. The van der Waals surface area contributed by atoms with Crippen molar-refractivity contribution in [3.63, 3.8) is 0 Å². The largest absolute Gasteiger partial charge is 0.310 e. The van der Waals surface area contributed by atoms with Gasteiger partial charge in [-0.15, -0.1) is 22.7 Å². The van der Waals surface area contributed by atoms with Gasteiger partial charge in [0.1, 0.15) is 0 Å². The molecule has 0 bridgehead atoms. The minimum absolute atomic E-state index is 1.08. The van der Waals surface area contributed by atoms with Gasteiger partial charge < -0.3 is 4.90 Å². The topological polar surface area (TPSA) is 3.24 Å². The van der Waals surface area contributed by atoms with Gasteiger partial charge in [-0.3, -0.25) is 0 Å². The molecule has 1 aliphatic rings. The molecule has 11 rings (SSSR count). The number of benzene rings is 8. The summed E-state index contributed by atoms with van der Waals surface area (Å²) in [7, 11) is 0. The lowest BCUT2D eigenvalue weighted by molar-refractivity contribution is 0.988. The Morgan fingerprint density at radius 3 is 1.55 bits per heavy atom. The van der Waals surface area contributed by atoms with Crippen molar-refractivity contribution in [2.45, 2.75) is 12.8 Å². The fourth-order valence-electron chi connectivity index (χ4n) is 8.56. The van der Waals surface area contributed by atoms with Crippen molar-refractivity contribution < 1.29 is 0 Å².